The number of unbranched alkanes of at least 4 members (excludes halogenated alkanes) is 5. The van der Waals surface area contributed by atoms with E-state index in [-0.39, 0.29) is 22.7 Å². The quantitative estimate of drug-likeness (QED) is 0.0956. The molecular formula is C39H58N6O2. The molecule has 0 aliphatic heterocycles. The van der Waals surface area contributed by atoms with Crippen LogP contribution < -0.4 is 10.2 Å². The zero-order valence-corrected chi connectivity index (χ0v) is 29.9. The highest BCUT2D eigenvalue weighted by molar-refractivity contribution is 5.93. The summed E-state index contributed by atoms with van der Waals surface area (Å²) < 4.78 is 5.80. The average molecular weight is 643 g/mol. The molecule has 2 aromatic carbocycles. The van der Waals surface area contributed by atoms with Gasteiger partial charge in [-0.25, -0.2) is 0 Å². The lowest BCUT2D eigenvalue weighted by atomic mass is 9.95. The second-order valence-corrected chi connectivity index (χ2v) is 12.7. The van der Waals surface area contributed by atoms with E-state index < -0.39 is 0 Å². The van der Waals surface area contributed by atoms with Crippen molar-refractivity contribution in [2.75, 3.05) is 29.9 Å². The highest BCUT2D eigenvalue weighted by Gasteiger charge is 2.19. The number of anilines is 2. The fourth-order valence-electron chi connectivity index (χ4n) is 5.82. The Bertz CT molecular complexity index is 1290. The molecule has 1 amide bonds. The summed E-state index contributed by atoms with van der Waals surface area (Å²) in [5, 5.41) is 31.7. The standard InChI is InChI=1S/C39H58N6O2/c1-7-12-15-16-21-47-29-33-22-34(25-40)39(35(23-33)26-41)44-43-37-20-19-36(24-38(37)42-30(6)46)45(27-31(10-4)17-13-8-2)28-32(11-5)18-14-9-3/h19-20,22-24,31-32H,7-18,21,27-29H2,1-6H3,(H,42,46). The molecule has 2 atom stereocenters. The van der Waals surface area contributed by atoms with E-state index in [0.29, 0.717) is 36.4 Å². The Balaban J connectivity index is 2.44. The third-order valence-electron chi connectivity index (χ3n) is 8.78. The molecule has 0 heterocycles. The molecule has 0 saturated carbocycles. The predicted molar refractivity (Wildman–Crippen MR) is 193 cm³/mol. The Morgan fingerprint density at radius 1 is 0.830 bits per heavy atom. The molecule has 2 rings (SSSR count). The lowest BCUT2D eigenvalue weighted by Crippen LogP contribution is -2.34. The summed E-state index contributed by atoms with van der Waals surface area (Å²) in [7, 11) is 0. The van der Waals surface area contributed by atoms with Gasteiger partial charge in [0.15, 0.2) is 0 Å². The van der Waals surface area contributed by atoms with Gasteiger partial charge >= 0.3 is 0 Å². The fourth-order valence-corrected chi connectivity index (χ4v) is 5.82. The number of hydrogen-bond donors (Lipinski definition) is 1. The summed E-state index contributed by atoms with van der Waals surface area (Å²) in [6.45, 7) is 15.6. The van der Waals surface area contributed by atoms with Crippen molar-refractivity contribution in [3.8, 4) is 12.1 Å². The molecule has 0 radical (unpaired) electrons. The molecule has 8 heteroatoms. The maximum atomic E-state index is 12.3. The number of amides is 1. The van der Waals surface area contributed by atoms with Gasteiger partial charge in [0.05, 0.1) is 23.4 Å². The Morgan fingerprint density at radius 3 is 1.94 bits per heavy atom. The van der Waals surface area contributed by atoms with E-state index in [1.807, 2.05) is 12.1 Å². The summed E-state index contributed by atoms with van der Waals surface area (Å²) >= 11 is 0. The van der Waals surface area contributed by atoms with Crippen LogP contribution in [0.1, 0.15) is 135 Å². The molecule has 1 N–H and O–H groups in total. The van der Waals surface area contributed by atoms with Gasteiger partial charge in [0, 0.05) is 32.3 Å². The largest absolute Gasteiger partial charge is 0.377 e. The molecule has 0 spiro atoms. The third-order valence-corrected chi connectivity index (χ3v) is 8.78. The molecule has 2 aromatic rings. The monoisotopic (exact) mass is 642 g/mol. The number of nitrogens with one attached hydrogen (secondary N) is 1. The van der Waals surface area contributed by atoms with Crippen LogP contribution in [0.25, 0.3) is 0 Å². The molecule has 0 saturated heterocycles. The van der Waals surface area contributed by atoms with E-state index in [1.165, 1.54) is 58.3 Å². The number of carbonyl (C=O) groups excluding carboxylic acids is 1. The fraction of sp³-hybridized carbons (Fsp3) is 0.615. The first kappa shape index (κ1) is 39.4. The van der Waals surface area contributed by atoms with Gasteiger partial charge in [0.1, 0.15) is 23.5 Å². The molecule has 47 heavy (non-hydrogen) atoms. The number of benzene rings is 2. The number of hydrogen-bond acceptors (Lipinski definition) is 7. The summed E-state index contributed by atoms with van der Waals surface area (Å²) in [5.74, 6) is 0.972. The number of rotatable bonds is 23. The molecule has 0 aliphatic carbocycles. The minimum atomic E-state index is -0.205. The highest BCUT2D eigenvalue weighted by Crippen LogP contribution is 2.35. The van der Waals surface area contributed by atoms with E-state index in [4.69, 9.17) is 4.74 Å². The van der Waals surface area contributed by atoms with Gasteiger partial charge in [-0.2, -0.15) is 10.5 Å². The van der Waals surface area contributed by atoms with E-state index >= 15 is 0 Å². The number of carbonyl (C=O) groups is 1. The van der Waals surface area contributed by atoms with E-state index in [1.54, 1.807) is 12.1 Å². The molecule has 0 fully saturated rings. The maximum absolute atomic E-state index is 12.3. The first-order valence-electron chi connectivity index (χ1n) is 18.0. The summed E-state index contributed by atoms with van der Waals surface area (Å²) in [5.41, 5.74) is 3.55. The lowest BCUT2D eigenvalue weighted by Gasteiger charge is -2.33. The zero-order valence-electron chi connectivity index (χ0n) is 29.9. The third kappa shape index (κ3) is 13.9. The van der Waals surface area contributed by atoms with Gasteiger partial charge in [-0.3, -0.25) is 4.79 Å². The van der Waals surface area contributed by atoms with Crippen LogP contribution >= 0.6 is 0 Å². The number of nitriles is 2. The molecule has 0 aliphatic rings. The molecule has 0 bridgehead atoms. The SMILES string of the molecule is CCCCCCOCc1cc(C#N)c(N=Nc2ccc(N(CC(CC)CCCC)CC(CC)CCCC)cc2NC(C)=O)c(C#N)c1. The van der Waals surface area contributed by atoms with Gasteiger partial charge < -0.3 is 15.0 Å². The van der Waals surface area contributed by atoms with Crippen molar-refractivity contribution < 1.29 is 9.53 Å². The van der Waals surface area contributed by atoms with Gasteiger partial charge in [-0.05, 0) is 67.0 Å². The molecule has 2 unspecified atom stereocenters. The van der Waals surface area contributed by atoms with Gasteiger partial charge in [-0.1, -0.05) is 92.4 Å². The summed E-state index contributed by atoms with van der Waals surface area (Å²) in [6, 6.07) is 13.7. The van der Waals surface area contributed by atoms with Crippen LogP contribution in [0.3, 0.4) is 0 Å². The van der Waals surface area contributed by atoms with Crippen LogP contribution in [0.5, 0.6) is 0 Å². The second-order valence-electron chi connectivity index (χ2n) is 12.7. The van der Waals surface area contributed by atoms with Crippen LogP contribution in [0, 0.1) is 34.5 Å². The summed E-state index contributed by atoms with van der Waals surface area (Å²) in [6.07, 6.45) is 13.9. The molecule has 256 valence electrons. The maximum Gasteiger partial charge on any atom is 0.221 e. The average Bonchev–Trinajstić information content (AvgIpc) is 3.08. The molecule has 8 nitrogen and oxygen atoms in total. The number of ether oxygens (including phenoxy) is 1. The van der Waals surface area contributed by atoms with Crippen LogP contribution in [0.15, 0.2) is 40.6 Å². The van der Waals surface area contributed by atoms with Crippen LogP contribution in [0.4, 0.5) is 22.7 Å². The van der Waals surface area contributed by atoms with Crippen LogP contribution in [-0.2, 0) is 16.1 Å². The van der Waals surface area contributed by atoms with Crippen LogP contribution in [-0.4, -0.2) is 25.6 Å². The van der Waals surface area contributed by atoms with E-state index in [0.717, 1.165) is 50.0 Å². The minimum Gasteiger partial charge on any atom is -0.377 e. The normalized spacial score (nSPS) is 12.4. The van der Waals surface area contributed by atoms with Crippen molar-refractivity contribution >= 4 is 28.7 Å². The minimum absolute atomic E-state index is 0.205. The molecule has 0 aromatic heterocycles. The van der Waals surface area contributed by atoms with Crippen molar-refractivity contribution in [3.63, 3.8) is 0 Å². The predicted octanol–water partition coefficient (Wildman–Crippen LogP) is 11.1. The second kappa shape index (κ2) is 22.7. The number of nitrogens with zero attached hydrogens (tertiary/aromatic N) is 5. The van der Waals surface area contributed by atoms with Crippen molar-refractivity contribution in [1.82, 2.24) is 0 Å². The van der Waals surface area contributed by atoms with E-state index in [2.05, 4.69) is 73.3 Å². The van der Waals surface area contributed by atoms with Crippen LogP contribution in [0.2, 0.25) is 0 Å². The van der Waals surface area contributed by atoms with Crippen molar-refractivity contribution in [2.24, 2.45) is 22.1 Å². The Labute approximate surface area is 284 Å². The topological polar surface area (TPSA) is 114 Å². The van der Waals surface area contributed by atoms with Gasteiger partial charge in [0.2, 0.25) is 5.91 Å². The smallest absolute Gasteiger partial charge is 0.221 e. The van der Waals surface area contributed by atoms with Crippen molar-refractivity contribution in [1.29, 1.82) is 10.5 Å². The Kier molecular flexibility index (Phi) is 19.1. The molecular weight excluding hydrogens is 584 g/mol. The zero-order chi connectivity index (χ0) is 34.4. The first-order chi connectivity index (χ1) is 22.8. The Hall–Kier alpha value is -3.75. The number of azo groups is 1. The van der Waals surface area contributed by atoms with Gasteiger partial charge in [-0.15, -0.1) is 10.2 Å². The van der Waals surface area contributed by atoms with Crippen molar-refractivity contribution in [2.45, 2.75) is 125 Å². The Morgan fingerprint density at radius 2 is 1.43 bits per heavy atom. The van der Waals surface area contributed by atoms with Crippen molar-refractivity contribution in [3.05, 3.63) is 47.0 Å². The highest BCUT2D eigenvalue weighted by atomic mass is 16.5. The lowest BCUT2D eigenvalue weighted by molar-refractivity contribution is -0.114. The first-order valence-corrected chi connectivity index (χ1v) is 18.0. The van der Waals surface area contributed by atoms with Gasteiger partial charge in [0.25, 0.3) is 0 Å². The summed E-state index contributed by atoms with van der Waals surface area (Å²) in [4.78, 5) is 14.8. The van der Waals surface area contributed by atoms with E-state index in [9.17, 15) is 15.3 Å².